The molecule has 0 fully saturated rings. The molecular formula is C20H30O3. The predicted octanol–water partition coefficient (Wildman–Crippen LogP) is 5.88. The van der Waals surface area contributed by atoms with Crippen LogP contribution in [0.1, 0.15) is 58.3 Å². The van der Waals surface area contributed by atoms with Gasteiger partial charge in [-0.1, -0.05) is 81.9 Å². The van der Waals surface area contributed by atoms with E-state index in [1.807, 2.05) is 18.2 Å². The number of carboxylic acids is 1. The van der Waals surface area contributed by atoms with Crippen LogP contribution in [0.15, 0.2) is 60.4 Å². The van der Waals surface area contributed by atoms with Gasteiger partial charge >= 0.3 is 5.97 Å². The third kappa shape index (κ3) is 17.9. The number of carboxylic acid groups (broad SMARTS) is 1. The number of hydrogen-bond donors (Lipinski definition) is 2. The van der Waals surface area contributed by atoms with Crippen molar-refractivity contribution in [3.8, 4) is 0 Å². The second-order valence-electron chi connectivity index (χ2n) is 5.37. The molecule has 0 heterocycles. The lowest BCUT2D eigenvalue weighted by atomic mass is 10.1. The van der Waals surface area contributed by atoms with Gasteiger partial charge in [-0.05, 0) is 25.0 Å². The van der Waals surface area contributed by atoms with Gasteiger partial charge in [0.1, 0.15) is 5.76 Å². The topological polar surface area (TPSA) is 57.5 Å². The van der Waals surface area contributed by atoms with Crippen molar-refractivity contribution in [3.63, 3.8) is 0 Å². The van der Waals surface area contributed by atoms with Crippen molar-refractivity contribution < 1.29 is 15.0 Å². The summed E-state index contributed by atoms with van der Waals surface area (Å²) in [6, 6.07) is 0. The van der Waals surface area contributed by atoms with Crippen LogP contribution < -0.4 is 0 Å². The highest BCUT2D eigenvalue weighted by Crippen LogP contribution is 2.08. The van der Waals surface area contributed by atoms with E-state index in [9.17, 15) is 9.90 Å². The summed E-state index contributed by atoms with van der Waals surface area (Å²) in [5.41, 5.74) is 0. The van der Waals surface area contributed by atoms with Crippen LogP contribution in [0.3, 0.4) is 0 Å². The molecule has 0 saturated carbocycles. The molecule has 0 amide bonds. The summed E-state index contributed by atoms with van der Waals surface area (Å²) >= 11 is 0. The van der Waals surface area contributed by atoms with Gasteiger partial charge in [0.15, 0.2) is 0 Å². The average molecular weight is 318 g/mol. The van der Waals surface area contributed by atoms with Crippen molar-refractivity contribution in [3.05, 3.63) is 60.4 Å². The molecule has 0 aromatic heterocycles. The Morgan fingerprint density at radius 1 is 0.783 bits per heavy atom. The van der Waals surface area contributed by atoms with E-state index in [2.05, 4.69) is 13.0 Å². The fourth-order valence-electron chi connectivity index (χ4n) is 1.96. The molecule has 0 bridgehead atoms. The van der Waals surface area contributed by atoms with Crippen LogP contribution in [-0.2, 0) is 4.79 Å². The minimum absolute atomic E-state index is 0.0132. The number of aliphatic hydroxyl groups excluding tert-OH is 1. The Hall–Kier alpha value is -2.03. The molecule has 0 radical (unpaired) electrons. The second-order valence-corrected chi connectivity index (χ2v) is 5.37. The maximum atomic E-state index is 10.2. The molecule has 0 spiro atoms. The lowest BCUT2D eigenvalue weighted by molar-refractivity contribution is -0.131. The molecule has 0 atom stereocenters. The average Bonchev–Trinajstić information content (AvgIpc) is 2.51. The summed E-state index contributed by atoms with van der Waals surface area (Å²) in [7, 11) is 0. The quantitative estimate of drug-likeness (QED) is 0.193. The fraction of sp³-hybridized carbons (Fsp3) is 0.450. The normalized spacial score (nSPS) is 13.2. The zero-order chi connectivity index (χ0) is 17.2. The van der Waals surface area contributed by atoms with Crippen LogP contribution in [0, 0.1) is 0 Å². The zero-order valence-electron chi connectivity index (χ0n) is 14.2. The molecular weight excluding hydrogens is 288 g/mol. The Labute approximate surface area is 140 Å². The summed E-state index contributed by atoms with van der Waals surface area (Å²) < 4.78 is 0. The predicted molar refractivity (Wildman–Crippen MR) is 97.5 cm³/mol. The molecule has 3 heteroatoms. The maximum absolute atomic E-state index is 10.2. The van der Waals surface area contributed by atoms with Crippen molar-refractivity contribution in [2.24, 2.45) is 0 Å². The molecule has 0 saturated heterocycles. The van der Waals surface area contributed by atoms with Crippen LogP contribution in [0.4, 0.5) is 0 Å². The van der Waals surface area contributed by atoms with Gasteiger partial charge in [-0.15, -0.1) is 0 Å². The number of allylic oxidation sites excluding steroid dienone is 8. The van der Waals surface area contributed by atoms with Crippen molar-refractivity contribution >= 4 is 5.97 Å². The van der Waals surface area contributed by atoms with E-state index in [-0.39, 0.29) is 5.76 Å². The SMILES string of the molecule is CCCCCCCCCC=CC=CC=CC(O)=CC=CC(=O)O. The first-order valence-corrected chi connectivity index (χ1v) is 8.47. The monoisotopic (exact) mass is 318 g/mol. The van der Waals surface area contributed by atoms with Gasteiger partial charge in [-0.25, -0.2) is 4.79 Å². The summed E-state index contributed by atoms with van der Waals surface area (Å²) in [6.07, 6.45) is 25.1. The molecule has 23 heavy (non-hydrogen) atoms. The highest BCUT2D eigenvalue weighted by molar-refractivity contribution is 5.80. The first-order chi connectivity index (χ1) is 11.2. The van der Waals surface area contributed by atoms with Gasteiger partial charge in [0, 0.05) is 6.08 Å². The minimum atomic E-state index is -1.04. The smallest absolute Gasteiger partial charge is 0.328 e. The van der Waals surface area contributed by atoms with E-state index < -0.39 is 5.97 Å². The molecule has 128 valence electrons. The fourth-order valence-corrected chi connectivity index (χ4v) is 1.96. The van der Waals surface area contributed by atoms with E-state index in [1.54, 1.807) is 6.08 Å². The van der Waals surface area contributed by atoms with E-state index in [4.69, 9.17) is 5.11 Å². The summed E-state index contributed by atoms with van der Waals surface area (Å²) in [4.78, 5) is 10.2. The van der Waals surface area contributed by atoms with Crippen molar-refractivity contribution in [1.29, 1.82) is 0 Å². The molecule has 0 aromatic rings. The lowest BCUT2D eigenvalue weighted by Gasteiger charge is -1.98. The van der Waals surface area contributed by atoms with Gasteiger partial charge in [-0.2, -0.15) is 0 Å². The summed E-state index contributed by atoms with van der Waals surface area (Å²) in [5.74, 6) is -1.02. The minimum Gasteiger partial charge on any atom is -0.508 e. The maximum Gasteiger partial charge on any atom is 0.328 e. The molecule has 3 nitrogen and oxygen atoms in total. The van der Waals surface area contributed by atoms with Crippen molar-refractivity contribution in [1.82, 2.24) is 0 Å². The highest BCUT2D eigenvalue weighted by Gasteiger charge is 1.88. The van der Waals surface area contributed by atoms with Crippen LogP contribution in [-0.4, -0.2) is 16.2 Å². The molecule has 0 aliphatic rings. The molecule has 0 aliphatic carbocycles. The first kappa shape index (κ1) is 21.0. The van der Waals surface area contributed by atoms with E-state index in [0.29, 0.717) is 0 Å². The standard InChI is InChI=1S/C20H30O3/c1-2-3-4-5-6-7-8-9-10-11-12-13-14-16-19(21)17-15-18-20(22)23/h10-18,21H,2-9H2,1H3,(H,22,23). The van der Waals surface area contributed by atoms with Crippen LogP contribution >= 0.6 is 0 Å². The van der Waals surface area contributed by atoms with Crippen LogP contribution in [0.5, 0.6) is 0 Å². The van der Waals surface area contributed by atoms with Gasteiger partial charge in [-0.3, -0.25) is 0 Å². The number of carbonyl (C=O) groups is 1. The van der Waals surface area contributed by atoms with Gasteiger partial charge in [0.25, 0.3) is 0 Å². The zero-order valence-corrected chi connectivity index (χ0v) is 14.2. The molecule has 0 rings (SSSR count). The van der Waals surface area contributed by atoms with E-state index in [0.717, 1.165) is 12.5 Å². The third-order valence-electron chi connectivity index (χ3n) is 3.22. The lowest BCUT2D eigenvalue weighted by Crippen LogP contribution is -1.84. The Bertz CT molecular complexity index is 440. The largest absolute Gasteiger partial charge is 0.508 e. The van der Waals surface area contributed by atoms with E-state index >= 15 is 0 Å². The summed E-state index contributed by atoms with van der Waals surface area (Å²) in [6.45, 7) is 2.24. The van der Waals surface area contributed by atoms with Gasteiger partial charge in [0.05, 0.1) is 0 Å². The molecule has 2 N–H and O–H groups in total. The van der Waals surface area contributed by atoms with Crippen molar-refractivity contribution in [2.45, 2.75) is 58.3 Å². The number of hydrogen-bond acceptors (Lipinski definition) is 2. The highest BCUT2D eigenvalue weighted by atomic mass is 16.4. The number of rotatable bonds is 13. The molecule has 0 aromatic carbocycles. The summed E-state index contributed by atoms with van der Waals surface area (Å²) in [5, 5.41) is 17.8. The Balaban J connectivity index is 3.68. The molecule has 0 aliphatic heterocycles. The Kier molecular flexibility index (Phi) is 14.9. The van der Waals surface area contributed by atoms with Crippen LogP contribution in [0.2, 0.25) is 0 Å². The second kappa shape index (κ2) is 16.3. The van der Waals surface area contributed by atoms with Crippen molar-refractivity contribution in [2.75, 3.05) is 0 Å². The number of unbranched alkanes of at least 4 members (excludes halogenated alkanes) is 7. The van der Waals surface area contributed by atoms with E-state index in [1.165, 1.54) is 63.2 Å². The molecule has 0 unspecified atom stereocenters. The van der Waals surface area contributed by atoms with Gasteiger partial charge in [0.2, 0.25) is 0 Å². The third-order valence-corrected chi connectivity index (χ3v) is 3.22. The Morgan fingerprint density at radius 2 is 1.43 bits per heavy atom. The number of aliphatic hydroxyl groups is 1. The van der Waals surface area contributed by atoms with Gasteiger partial charge < -0.3 is 10.2 Å². The Morgan fingerprint density at radius 3 is 2.13 bits per heavy atom. The van der Waals surface area contributed by atoms with Crippen LogP contribution in [0.25, 0.3) is 0 Å². The number of aliphatic carboxylic acids is 1. The first-order valence-electron chi connectivity index (χ1n) is 8.47.